The van der Waals surface area contributed by atoms with E-state index in [1.165, 1.54) is 10.4 Å². The molecule has 0 saturated heterocycles. The van der Waals surface area contributed by atoms with E-state index in [4.69, 9.17) is 5.73 Å². The van der Waals surface area contributed by atoms with Gasteiger partial charge in [0.25, 0.3) is 0 Å². The number of hydrogen-bond donors (Lipinski definition) is 1. The Labute approximate surface area is 100 Å². The van der Waals surface area contributed by atoms with Crippen molar-refractivity contribution in [2.24, 2.45) is 5.73 Å². The summed E-state index contributed by atoms with van der Waals surface area (Å²) in [6.07, 6.45) is 0. The molecule has 0 aliphatic rings. The van der Waals surface area contributed by atoms with E-state index in [9.17, 15) is 0 Å². The van der Waals surface area contributed by atoms with Gasteiger partial charge < -0.3 is 5.73 Å². The second kappa shape index (κ2) is 4.36. The molecule has 16 heavy (non-hydrogen) atoms. The molecule has 84 valence electrons. The van der Waals surface area contributed by atoms with E-state index < -0.39 is 0 Å². The number of nitrogens with two attached hydrogens (primary N) is 1. The third kappa shape index (κ3) is 2.15. The van der Waals surface area contributed by atoms with Gasteiger partial charge in [-0.15, -0.1) is 11.3 Å². The van der Waals surface area contributed by atoms with Crippen LogP contribution < -0.4 is 5.73 Å². The van der Waals surface area contributed by atoms with Crippen LogP contribution in [0.3, 0.4) is 0 Å². The maximum Gasteiger partial charge on any atom is 0.0577 e. The van der Waals surface area contributed by atoms with E-state index in [1.807, 2.05) is 19.9 Å². The van der Waals surface area contributed by atoms with Crippen LogP contribution in [0.4, 0.5) is 0 Å². The lowest BCUT2D eigenvalue weighted by Crippen LogP contribution is -2.13. The standard InChI is InChI=1S/C13H16N2S/c1-8-4-5-12(10(3)15-8)13(14)11-6-9(2)16-7-11/h4-7,13H,14H2,1-3H3. The minimum atomic E-state index is -0.0574. The fraction of sp³-hybridized carbons (Fsp3) is 0.308. The van der Waals surface area contributed by atoms with Crippen molar-refractivity contribution in [2.75, 3.05) is 0 Å². The first-order chi connectivity index (χ1) is 7.58. The zero-order chi connectivity index (χ0) is 11.7. The Morgan fingerprint density at radius 3 is 2.56 bits per heavy atom. The summed E-state index contributed by atoms with van der Waals surface area (Å²) in [5.41, 5.74) is 10.6. The first kappa shape index (κ1) is 11.3. The molecule has 0 aliphatic heterocycles. The average molecular weight is 232 g/mol. The molecule has 0 saturated carbocycles. The van der Waals surface area contributed by atoms with Crippen molar-refractivity contribution in [2.45, 2.75) is 26.8 Å². The van der Waals surface area contributed by atoms with E-state index in [0.29, 0.717) is 0 Å². The lowest BCUT2D eigenvalue weighted by Gasteiger charge is -2.13. The summed E-state index contributed by atoms with van der Waals surface area (Å²) in [7, 11) is 0. The summed E-state index contributed by atoms with van der Waals surface area (Å²) in [4.78, 5) is 5.74. The molecule has 3 heteroatoms. The highest BCUT2D eigenvalue weighted by molar-refractivity contribution is 7.10. The third-order valence-electron chi connectivity index (χ3n) is 2.71. The van der Waals surface area contributed by atoms with Crippen molar-refractivity contribution in [3.05, 3.63) is 51.0 Å². The number of nitrogens with zero attached hydrogens (tertiary/aromatic N) is 1. The van der Waals surface area contributed by atoms with Crippen LogP contribution in [0.15, 0.2) is 23.6 Å². The van der Waals surface area contributed by atoms with Gasteiger partial charge in [-0.2, -0.15) is 0 Å². The Bertz CT molecular complexity index is 502. The Balaban J connectivity index is 2.37. The van der Waals surface area contributed by atoms with E-state index in [2.05, 4.69) is 29.4 Å². The minimum absolute atomic E-state index is 0.0574. The van der Waals surface area contributed by atoms with Gasteiger partial charge >= 0.3 is 0 Å². The summed E-state index contributed by atoms with van der Waals surface area (Å²) in [5, 5.41) is 2.12. The van der Waals surface area contributed by atoms with E-state index in [0.717, 1.165) is 17.0 Å². The largest absolute Gasteiger partial charge is 0.320 e. The molecule has 0 amide bonds. The Hall–Kier alpha value is -1.19. The van der Waals surface area contributed by atoms with Gasteiger partial charge in [-0.3, -0.25) is 4.98 Å². The Morgan fingerprint density at radius 2 is 2.00 bits per heavy atom. The van der Waals surface area contributed by atoms with Crippen molar-refractivity contribution >= 4 is 11.3 Å². The van der Waals surface area contributed by atoms with Crippen LogP contribution in [0.2, 0.25) is 0 Å². The summed E-state index contributed by atoms with van der Waals surface area (Å²) >= 11 is 1.74. The van der Waals surface area contributed by atoms with Crippen molar-refractivity contribution in [3.8, 4) is 0 Å². The lowest BCUT2D eigenvalue weighted by molar-refractivity contribution is 0.848. The van der Waals surface area contributed by atoms with Crippen molar-refractivity contribution in [1.82, 2.24) is 4.98 Å². The normalized spacial score (nSPS) is 12.8. The molecule has 0 bridgehead atoms. The van der Waals surface area contributed by atoms with Gasteiger partial charge in [-0.1, -0.05) is 6.07 Å². The number of pyridine rings is 1. The van der Waals surface area contributed by atoms with Crippen LogP contribution in [0.25, 0.3) is 0 Å². The van der Waals surface area contributed by atoms with E-state index in [-0.39, 0.29) is 6.04 Å². The van der Waals surface area contributed by atoms with Crippen molar-refractivity contribution < 1.29 is 0 Å². The lowest BCUT2D eigenvalue weighted by atomic mass is 10.0. The molecule has 0 radical (unpaired) electrons. The molecule has 2 aromatic heterocycles. The molecule has 1 unspecified atom stereocenters. The van der Waals surface area contributed by atoms with Gasteiger partial charge in [0.2, 0.25) is 0 Å². The van der Waals surface area contributed by atoms with Crippen LogP contribution >= 0.6 is 11.3 Å². The van der Waals surface area contributed by atoms with Crippen LogP contribution in [0.5, 0.6) is 0 Å². The van der Waals surface area contributed by atoms with Crippen LogP contribution in [-0.2, 0) is 0 Å². The van der Waals surface area contributed by atoms with Gasteiger partial charge in [0.15, 0.2) is 0 Å². The van der Waals surface area contributed by atoms with Gasteiger partial charge in [0.1, 0.15) is 0 Å². The first-order valence-electron chi connectivity index (χ1n) is 5.32. The smallest absolute Gasteiger partial charge is 0.0577 e. The Kier molecular flexibility index (Phi) is 3.08. The second-order valence-corrected chi connectivity index (χ2v) is 5.21. The topological polar surface area (TPSA) is 38.9 Å². The van der Waals surface area contributed by atoms with Gasteiger partial charge in [-0.05, 0) is 49.4 Å². The Morgan fingerprint density at radius 1 is 1.25 bits per heavy atom. The fourth-order valence-corrected chi connectivity index (χ4v) is 2.57. The van der Waals surface area contributed by atoms with Gasteiger partial charge in [0.05, 0.1) is 6.04 Å². The number of rotatable bonds is 2. The minimum Gasteiger partial charge on any atom is -0.320 e. The average Bonchev–Trinajstić information content (AvgIpc) is 2.64. The molecule has 0 spiro atoms. The molecule has 2 rings (SSSR count). The molecule has 2 heterocycles. The number of thiophene rings is 1. The summed E-state index contributed by atoms with van der Waals surface area (Å²) < 4.78 is 0. The molecular weight excluding hydrogens is 216 g/mol. The highest BCUT2D eigenvalue weighted by Gasteiger charge is 2.13. The summed E-state index contributed by atoms with van der Waals surface area (Å²) in [6, 6.07) is 6.18. The highest BCUT2D eigenvalue weighted by Crippen LogP contribution is 2.25. The summed E-state index contributed by atoms with van der Waals surface area (Å²) in [5.74, 6) is 0. The monoisotopic (exact) mass is 232 g/mol. The number of hydrogen-bond acceptors (Lipinski definition) is 3. The molecule has 2 N–H and O–H groups in total. The molecule has 0 aromatic carbocycles. The maximum absolute atomic E-state index is 6.25. The zero-order valence-corrected chi connectivity index (χ0v) is 10.6. The maximum atomic E-state index is 6.25. The molecule has 0 fully saturated rings. The van der Waals surface area contributed by atoms with Crippen molar-refractivity contribution in [1.29, 1.82) is 0 Å². The zero-order valence-electron chi connectivity index (χ0n) is 9.82. The van der Waals surface area contributed by atoms with Crippen LogP contribution in [0, 0.1) is 20.8 Å². The highest BCUT2D eigenvalue weighted by atomic mass is 32.1. The predicted molar refractivity (Wildman–Crippen MR) is 68.8 cm³/mol. The molecule has 1 atom stereocenters. The van der Waals surface area contributed by atoms with E-state index in [1.54, 1.807) is 11.3 Å². The molecule has 2 aromatic rings. The number of aromatic nitrogens is 1. The third-order valence-corrected chi connectivity index (χ3v) is 3.59. The van der Waals surface area contributed by atoms with Gasteiger partial charge in [0, 0.05) is 16.3 Å². The summed E-state index contributed by atoms with van der Waals surface area (Å²) in [6.45, 7) is 6.11. The van der Waals surface area contributed by atoms with Crippen LogP contribution in [-0.4, -0.2) is 4.98 Å². The molecule has 0 aliphatic carbocycles. The van der Waals surface area contributed by atoms with E-state index >= 15 is 0 Å². The quantitative estimate of drug-likeness (QED) is 0.864. The molecular formula is C13H16N2S. The number of aryl methyl sites for hydroxylation is 3. The fourth-order valence-electron chi connectivity index (χ4n) is 1.83. The van der Waals surface area contributed by atoms with Crippen LogP contribution in [0.1, 0.15) is 33.4 Å². The first-order valence-corrected chi connectivity index (χ1v) is 6.20. The predicted octanol–water partition coefficient (Wildman–Crippen LogP) is 3.12. The molecule has 2 nitrogen and oxygen atoms in total. The second-order valence-electron chi connectivity index (χ2n) is 4.10. The van der Waals surface area contributed by atoms with Gasteiger partial charge in [-0.25, -0.2) is 0 Å². The van der Waals surface area contributed by atoms with Crippen molar-refractivity contribution in [3.63, 3.8) is 0 Å². The SMILES string of the molecule is Cc1ccc(C(N)c2csc(C)c2)c(C)n1.